The molecule has 0 bridgehead atoms. The number of unbranched alkanes of at least 4 members (excludes halogenated alkanes) is 1. The number of hydrogen-bond donors (Lipinski definition) is 0. The van der Waals surface area contributed by atoms with Crippen LogP contribution in [0.2, 0.25) is 0 Å². The molecular weight excluding hydrogens is 659 g/mol. The van der Waals surface area contributed by atoms with Crippen LogP contribution in [0.15, 0.2) is 99.6 Å². The smallest absolute Gasteiger partial charge is 0.378 e. The van der Waals surface area contributed by atoms with E-state index < -0.39 is 53.9 Å². The molecule has 17 heteroatoms. The highest BCUT2D eigenvalue weighted by Crippen LogP contribution is 2.55. The molecule has 3 aromatic rings. The number of sulfone groups is 1. The van der Waals surface area contributed by atoms with Crippen LogP contribution in [0.5, 0.6) is 5.75 Å². The Kier molecular flexibility index (Phi) is 11.6. The van der Waals surface area contributed by atoms with E-state index in [0.29, 0.717) is 30.7 Å². The first-order valence-electron chi connectivity index (χ1n) is 11.9. The Labute approximate surface area is 246 Å². The highest BCUT2D eigenvalue weighted by atomic mass is 32.2. The minimum absolute atomic E-state index is 0.240. The van der Waals surface area contributed by atoms with E-state index in [0.717, 1.165) is 0 Å². The van der Waals surface area contributed by atoms with Crippen molar-refractivity contribution in [2.75, 3.05) is 5.75 Å². The number of rotatable bonds is 11. The van der Waals surface area contributed by atoms with E-state index in [2.05, 4.69) is 52.7 Å². The molecule has 0 aliphatic rings. The van der Waals surface area contributed by atoms with Gasteiger partial charge in [0.1, 0.15) is 5.75 Å². The summed E-state index contributed by atoms with van der Waals surface area (Å²) in [6.45, 7) is 1.68. The molecule has 238 valence electrons. The van der Waals surface area contributed by atoms with Crippen LogP contribution in [-0.4, -0.2) is 45.9 Å². The van der Waals surface area contributed by atoms with Gasteiger partial charge in [-0.1, -0.05) is 61.5 Å². The van der Waals surface area contributed by atoms with Crippen LogP contribution in [0.1, 0.15) is 19.8 Å². The zero-order valence-electron chi connectivity index (χ0n) is 21.9. The molecule has 0 N–H and O–H groups in total. The van der Waals surface area contributed by atoms with E-state index in [9.17, 15) is 56.3 Å². The molecule has 0 unspecified atom stereocenters. The molecule has 5 nitrogen and oxygen atoms in total. The van der Waals surface area contributed by atoms with Gasteiger partial charge in [0.2, 0.25) is 0 Å². The summed E-state index contributed by atoms with van der Waals surface area (Å²) >= 11 is 1.79. The topological polar surface area (TPSA) is 77.5 Å². The van der Waals surface area contributed by atoms with Gasteiger partial charge in [-0.25, -0.2) is 8.42 Å². The Morgan fingerprint density at radius 3 is 1.49 bits per heavy atom. The monoisotopic (exact) mass is 682 g/mol. The lowest BCUT2D eigenvalue weighted by Gasteiger charge is -2.32. The number of benzene rings is 3. The summed E-state index contributed by atoms with van der Waals surface area (Å²) < 4.78 is 166. The Morgan fingerprint density at radius 1 is 0.651 bits per heavy atom. The summed E-state index contributed by atoms with van der Waals surface area (Å²) in [6.07, 6.45) is -6.47. The van der Waals surface area contributed by atoms with E-state index in [4.69, 9.17) is 0 Å². The maximum Gasteiger partial charge on any atom is 0.460 e. The number of halogens is 9. The molecule has 0 saturated carbocycles. The van der Waals surface area contributed by atoms with Gasteiger partial charge < -0.3 is 4.18 Å². The lowest BCUT2D eigenvalue weighted by Crippen LogP contribution is -2.63. The van der Waals surface area contributed by atoms with Crippen molar-refractivity contribution < 1.29 is 60.5 Å². The largest absolute Gasteiger partial charge is 0.460 e. The second-order valence-corrected chi connectivity index (χ2v) is 13.4. The Balaban J connectivity index is 0.000000407. The van der Waals surface area contributed by atoms with E-state index >= 15 is 0 Å². The molecule has 0 fully saturated rings. The third-order valence-corrected chi connectivity index (χ3v) is 9.44. The summed E-state index contributed by atoms with van der Waals surface area (Å²) in [6, 6.07) is 23.0. The van der Waals surface area contributed by atoms with Gasteiger partial charge in [-0.15, -0.1) is 0 Å². The highest BCUT2D eigenvalue weighted by molar-refractivity contribution is 7.99. The maximum atomic E-state index is 13.6. The van der Waals surface area contributed by atoms with E-state index in [-0.39, 0.29) is 12.2 Å². The van der Waals surface area contributed by atoms with E-state index in [1.807, 2.05) is 12.1 Å². The minimum atomic E-state index is -7.43. The molecule has 43 heavy (non-hydrogen) atoms. The fraction of sp³-hybridized carbons (Fsp3) is 0.308. The van der Waals surface area contributed by atoms with Crippen LogP contribution in [-0.2, 0) is 20.0 Å². The zero-order chi connectivity index (χ0) is 32.7. The second kappa shape index (κ2) is 13.8. The maximum absolute atomic E-state index is 13.6. The van der Waals surface area contributed by atoms with Crippen LogP contribution in [0.4, 0.5) is 39.5 Å². The second-order valence-electron chi connectivity index (χ2n) is 8.57. The third-order valence-electron chi connectivity index (χ3n) is 5.31. The van der Waals surface area contributed by atoms with Gasteiger partial charge in [-0.3, -0.25) is 0 Å². The minimum Gasteiger partial charge on any atom is -0.378 e. The fourth-order valence-corrected chi connectivity index (χ4v) is 6.19. The third kappa shape index (κ3) is 8.59. The standard InChI is InChI=1S/C14H13F9O5S2.C12H10S/c1-2-3-8-29(24,25)10-6-4-9(5-7-10)28-30(26,27)14(22,23)12(17,18)11(15,16)13(19,20)21;1-3-7-11(8-4-1)13-12-9-5-2-6-10-12/h4-7H,2-3,8H2,1H3;1-10H. The first-order chi connectivity index (χ1) is 19.7. The average Bonchev–Trinajstić information content (AvgIpc) is 2.92. The van der Waals surface area contributed by atoms with Crippen molar-refractivity contribution in [3.05, 3.63) is 84.9 Å². The SMILES string of the molecule is CCCCS(=O)(=O)c1ccc(OS(=O)(=O)C(F)(F)C(F)(F)C(F)(F)C(F)(F)F)cc1.c1ccc(Sc2ccccc2)cc1. The molecule has 0 aliphatic heterocycles. The van der Waals surface area contributed by atoms with Crippen molar-refractivity contribution in [1.29, 1.82) is 0 Å². The Bertz CT molecular complexity index is 1490. The fourth-order valence-electron chi connectivity index (χ4n) is 2.96. The Hall–Kier alpha value is -2.92. The van der Waals surface area contributed by atoms with Crippen LogP contribution < -0.4 is 4.18 Å². The first-order valence-corrected chi connectivity index (χ1v) is 15.8. The van der Waals surface area contributed by atoms with Crippen LogP contribution in [0.25, 0.3) is 0 Å². The van der Waals surface area contributed by atoms with Gasteiger partial charge in [-0.05, 0) is 55.0 Å². The highest BCUT2D eigenvalue weighted by Gasteiger charge is 2.86. The summed E-state index contributed by atoms with van der Waals surface area (Å²) in [4.78, 5) is 2.14. The molecule has 0 amide bonds. The normalized spacial score (nSPS) is 13.2. The van der Waals surface area contributed by atoms with E-state index in [1.165, 1.54) is 9.79 Å². The molecule has 0 radical (unpaired) electrons. The van der Waals surface area contributed by atoms with Gasteiger partial charge in [0, 0.05) is 9.79 Å². The summed E-state index contributed by atoms with van der Waals surface area (Å²) in [5.41, 5.74) is 0. The zero-order valence-corrected chi connectivity index (χ0v) is 24.3. The number of alkyl halides is 9. The molecule has 0 heterocycles. The molecular formula is C26H23F9O5S3. The van der Waals surface area contributed by atoms with Crippen LogP contribution in [0.3, 0.4) is 0 Å². The average molecular weight is 683 g/mol. The molecule has 0 saturated heterocycles. The van der Waals surface area contributed by atoms with Gasteiger partial charge >= 0.3 is 33.4 Å². The van der Waals surface area contributed by atoms with Crippen molar-refractivity contribution in [3.8, 4) is 5.75 Å². The van der Waals surface area contributed by atoms with Gasteiger partial charge in [0.05, 0.1) is 10.6 Å². The van der Waals surface area contributed by atoms with Crippen molar-refractivity contribution in [2.45, 2.75) is 57.7 Å². The quantitative estimate of drug-likeness (QED) is 0.150. The van der Waals surface area contributed by atoms with Gasteiger partial charge in [0.25, 0.3) is 0 Å². The molecule has 3 aromatic carbocycles. The number of hydrogen-bond acceptors (Lipinski definition) is 6. The van der Waals surface area contributed by atoms with Crippen molar-refractivity contribution >= 4 is 31.7 Å². The van der Waals surface area contributed by atoms with Gasteiger partial charge in [0.15, 0.2) is 9.84 Å². The molecule has 0 aromatic heterocycles. The van der Waals surface area contributed by atoms with Crippen molar-refractivity contribution in [3.63, 3.8) is 0 Å². The van der Waals surface area contributed by atoms with Crippen LogP contribution >= 0.6 is 11.8 Å². The molecule has 0 spiro atoms. The summed E-state index contributed by atoms with van der Waals surface area (Å²) in [5.74, 6) is -16.4. The first kappa shape index (κ1) is 36.3. The van der Waals surface area contributed by atoms with E-state index in [1.54, 1.807) is 18.7 Å². The summed E-state index contributed by atoms with van der Waals surface area (Å²) in [7, 11) is -11.0. The lowest BCUT2D eigenvalue weighted by atomic mass is 10.1. The summed E-state index contributed by atoms with van der Waals surface area (Å²) in [5, 5.41) is -7.01. The van der Waals surface area contributed by atoms with Crippen molar-refractivity contribution in [2.24, 2.45) is 0 Å². The van der Waals surface area contributed by atoms with Crippen molar-refractivity contribution in [1.82, 2.24) is 0 Å². The predicted octanol–water partition coefficient (Wildman–Crippen LogP) is 8.23. The predicted molar refractivity (Wildman–Crippen MR) is 141 cm³/mol. The van der Waals surface area contributed by atoms with Gasteiger partial charge in [-0.2, -0.15) is 47.9 Å². The molecule has 3 rings (SSSR count). The Morgan fingerprint density at radius 2 is 1.09 bits per heavy atom. The van der Waals surface area contributed by atoms with Crippen LogP contribution in [0, 0.1) is 0 Å². The molecule has 0 atom stereocenters. The molecule has 0 aliphatic carbocycles. The lowest BCUT2D eigenvalue weighted by molar-refractivity contribution is -0.382.